The number of hydrogen-bond donors (Lipinski definition) is 1. The first-order chi connectivity index (χ1) is 15.4. The number of benzene rings is 1. The van der Waals surface area contributed by atoms with Crippen molar-refractivity contribution in [3.8, 4) is 0 Å². The van der Waals surface area contributed by atoms with Crippen LogP contribution >= 0.6 is 11.8 Å². The lowest BCUT2D eigenvalue weighted by molar-refractivity contribution is -0.129. The third-order valence-corrected chi connectivity index (χ3v) is 6.97. The lowest BCUT2D eigenvalue weighted by Crippen LogP contribution is -2.33. The third kappa shape index (κ3) is 4.09. The molecule has 1 N–H and O–H groups in total. The number of thioether (sulfide) groups is 1. The summed E-state index contributed by atoms with van der Waals surface area (Å²) in [5, 5.41) is 0.326. The summed E-state index contributed by atoms with van der Waals surface area (Å²) in [6.45, 7) is 2.33. The molecule has 2 heterocycles. The van der Waals surface area contributed by atoms with E-state index in [1.807, 2.05) is 37.3 Å². The number of amides is 1. The first-order valence-electron chi connectivity index (χ1n) is 10.9. The number of carbonyl (C=O) groups is 1. The van der Waals surface area contributed by atoms with Gasteiger partial charge in [-0.1, -0.05) is 42.1 Å². The maximum absolute atomic E-state index is 13.1. The molecule has 2 fully saturated rings. The Balaban J connectivity index is 1.49. The molecule has 166 valence electrons. The zero-order chi connectivity index (χ0) is 22.4. The summed E-state index contributed by atoms with van der Waals surface area (Å²) in [4.78, 5) is 51.8. The highest BCUT2D eigenvalue weighted by molar-refractivity contribution is 8.00. The predicted octanol–water partition coefficient (Wildman–Crippen LogP) is 2.83. The van der Waals surface area contributed by atoms with E-state index in [-0.39, 0.29) is 17.9 Å². The van der Waals surface area contributed by atoms with E-state index in [9.17, 15) is 14.4 Å². The smallest absolute Gasteiger partial charge is 0.330 e. The summed E-state index contributed by atoms with van der Waals surface area (Å²) in [5.41, 5.74) is 0.532. The molecule has 0 bridgehead atoms. The van der Waals surface area contributed by atoms with Crippen LogP contribution in [-0.2, 0) is 11.3 Å². The van der Waals surface area contributed by atoms with Crippen LogP contribution in [0.2, 0.25) is 0 Å². The van der Waals surface area contributed by atoms with Crippen LogP contribution in [0.1, 0.15) is 56.0 Å². The van der Waals surface area contributed by atoms with Gasteiger partial charge in [-0.15, -0.1) is 0 Å². The van der Waals surface area contributed by atoms with Crippen LogP contribution in [0.3, 0.4) is 0 Å². The summed E-state index contributed by atoms with van der Waals surface area (Å²) < 4.78 is 1.60. The third-order valence-electron chi connectivity index (χ3n) is 5.90. The molecule has 2 saturated carbocycles. The van der Waals surface area contributed by atoms with Crippen LogP contribution in [-0.4, -0.2) is 42.6 Å². The lowest BCUT2D eigenvalue weighted by atomic mass is 10.2. The number of nitrogens with zero attached hydrogens (tertiary/aromatic N) is 4. The predicted molar refractivity (Wildman–Crippen MR) is 123 cm³/mol. The molecule has 8 nitrogen and oxygen atoms in total. The zero-order valence-corrected chi connectivity index (χ0v) is 18.9. The first-order valence-corrected chi connectivity index (χ1v) is 11.8. The molecule has 2 aromatic heterocycles. The van der Waals surface area contributed by atoms with Gasteiger partial charge in [-0.05, 0) is 38.2 Å². The van der Waals surface area contributed by atoms with Gasteiger partial charge >= 0.3 is 5.69 Å². The number of rotatable bonds is 7. The average Bonchev–Trinajstić information content (AvgIpc) is 3.67. The largest absolute Gasteiger partial charge is 0.340 e. The Morgan fingerprint density at radius 2 is 1.91 bits per heavy atom. The fourth-order valence-electron chi connectivity index (χ4n) is 3.88. The summed E-state index contributed by atoms with van der Waals surface area (Å²) in [7, 11) is 1.78. The van der Waals surface area contributed by atoms with Crippen molar-refractivity contribution in [1.29, 1.82) is 0 Å². The molecule has 9 heteroatoms. The maximum Gasteiger partial charge on any atom is 0.330 e. The van der Waals surface area contributed by atoms with Crippen LogP contribution in [0.5, 0.6) is 0 Å². The molecule has 3 aromatic rings. The van der Waals surface area contributed by atoms with Crippen molar-refractivity contribution in [2.75, 3.05) is 7.05 Å². The van der Waals surface area contributed by atoms with Crippen molar-refractivity contribution in [1.82, 2.24) is 24.4 Å². The van der Waals surface area contributed by atoms with Gasteiger partial charge in [0.15, 0.2) is 5.65 Å². The van der Waals surface area contributed by atoms with Crippen molar-refractivity contribution in [3.05, 3.63) is 62.6 Å². The summed E-state index contributed by atoms with van der Waals surface area (Å²) in [6.07, 6.45) is 3.79. The molecule has 2 aliphatic carbocycles. The van der Waals surface area contributed by atoms with Gasteiger partial charge in [0.1, 0.15) is 16.2 Å². The van der Waals surface area contributed by atoms with Crippen LogP contribution in [0.25, 0.3) is 11.0 Å². The van der Waals surface area contributed by atoms with Crippen LogP contribution in [0.4, 0.5) is 0 Å². The van der Waals surface area contributed by atoms with Crippen molar-refractivity contribution in [3.63, 3.8) is 0 Å². The minimum atomic E-state index is -0.496. The Bertz CT molecular complexity index is 1290. The van der Waals surface area contributed by atoms with E-state index in [0.717, 1.165) is 31.2 Å². The molecular formula is C23H25N5O3S. The molecule has 0 unspecified atom stereocenters. The number of aromatic nitrogens is 4. The number of aromatic amines is 1. The van der Waals surface area contributed by atoms with Gasteiger partial charge in [0.05, 0.1) is 5.25 Å². The number of carbonyl (C=O) groups excluding carboxylic acids is 1. The minimum absolute atomic E-state index is 0.0504. The summed E-state index contributed by atoms with van der Waals surface area (Å²) >= 11 is 1.26. The van der Waals surface area contributed by atoms with Gasteiger partial charge in [-0.3, -0.25) is 19.1 Å². The maximum atomic E-state index is 13.1. The highest BCUT2D eigenvalue weighted by Gasteiger charge is 2.33. The van der Waals surface area contributed by atoms with E-state index in [1.165, 1.54) is 11.8 Å². The first kappa shape index (κ1) is 20.9. The topological polar surface area (TPSA) is 101 Å². The summed E-state index contributed by atoms with van der Waals surface area (Å²) in [6, 6.07) is 9.88. The lowest BCUT2D eigenvalue weighted by Gasteiger charge is -2.21. The Hall–Kier alpha value is -2.94. The molecule has 0 radical (unpaired) electrons. The zero-order valence-electron chi connectivity index (χ0n) is 18.1. The average molecular weight is 452 g/mol. The van der Waals surface area contributed by atoms with Gasteiger partial charge in [0.25, 0.3) is 5.56 Å². The highest BCUT2D eigenvalue weighted by Crippen LogP contribution is 2.41. The van der Waals surface area contributed by atoms with Gasteiger partial charge in [0, 0.05) is 25.6 Å². The van der Waals surface area contributed by atoms with E-state index in [4.69, 9.17) is 0 Å². The fraction of sp³-hybridized carbons (Fsp3) is 0.435. The van der Waals surface area contributed by atoms with Gasteiger partial charge in [-0.2, -0.15) is 0 Å². The fourth-order valence-corrected chi connectivity index (χ4v) is 4.94. The van der Waals surface area contributed by atoms with Crippen LogP contribution < -0.4 is 11.2 Å². The van der Waals surface area contributed by atoms with E-state index < -0.39 is 16.5 Å². The van der Waals surface area contributed by atoms with Gasteiger partial charge < -0.3 is 4.90 Å². The van der Waals surface area contributed by atoms with E-state index in [0.29, 0.717) is 28.4 Å². The van der Waals surface area contributed by atoms with Crippen molar-refractivity contribution in [2.24, 2.45) is 0 Å². The number of fused-ring (bicyclic) bond motifs is 1. The molecule has 0 saturated heterocycles. The van der Waals surface area contributed by atoms with E-state index in [2.05, 4.69) is 15.0 Å². The highest BCUT2D eigenvalue weighted by atomic mass is 32.2. The monoisotopic (exact) mass is 451 g/mol. The molecule has 32 heavy (non-hydrogen) atoms. The van der Waals surface area contributed by atoms with Crippen molar-refractivity contribution < 1.29 is 4.79 Å². The number of H-pyrrole nitrogens is 1. The van der Waals surface area contributed by atoms with Gasteiger partial charge in [-0.25, -0.2) is 14.8 Å². The van der Waals surface area contributed by atoms with E-state index >= 15 is 0 Å². The quantitative estimate of drug-likeness (QED) is 0.438. The molecular weight excluding hydrogens is 426 g/mol. The van der Waals surface area contributed by atoms with Crippen LogP contribution in [0.15, 0.2) is 44.9 Å². The normalized spacial score (nSPS) is 16.8. The minimum Gasteiger partial charge on any atom is -0.340 e. The Morgan fingerprint density at radius 1 is 1.19 bits per heavy atom. The summed E-state index contributed by atoms with van der Waals surface area (Å²) in [5.74, 6) is 0.870. The Kier molecular flexibility index (Phi) is 5.36. The second-order valence-corrected chi connectivity index (χ2v) is 9.99. The molecule has 0 aliphatic heterocycles. The standard InChI is InChI=1S/C23H25N5O3S/c1-13(22(30)27(2)12-14-6-4-3-5-7-14)32-21-17-19(24-18(25-21)15-8-9-15)28(16-10-11-16)23(31)26-20(17)29/h3-7,13,15-16H,8-12H2,1-2H3,(H,26,29,31)/t13-/m0/s1. The molecule has 1 aromatic carbocycles. The number of hydrogen-bond acceptors (Lipinski definition) is 6. The second kappa shape index (κ2) is 8.20. The molecule has 1 atom stereocenters. The SMILES string of the molecule is C[C@H](Sc1nc(C2CC2)nc2c1c(=O)[nH]c(=O)n2C1CC1)C(=O)N(C)Cc1ccccc1. The molecule has 2 aliphatic rings. The molecule has 5 rings (SSSR count). The van der Waals surface area contributed by atoms with E-state index in [1.54, 1.807) is 16.5 Å². The molecule has 1 amide bonds. The Labute approximate surface area is 189 Å². The molecule has 0 spiro atoms. The van der Waals surface area contributed by atoms with Crippen molar-refractivity contribution >= 4 is 28.7 Å². The number of nitrogens with one attached hydrogen (secondary N) is 1. The van der Waals surface area contributed by atoms with Crippen LogP contribution in [0, 0.1) is 0 Å². The van der Waals surface area contributed by atoms with Crippen molar-refractivity contribution in [2.45, 2.75) is 61.4 Å². The van der Waals surface area contributed by atoms with Gasteiger partial charge in [0.2, 0.25) is 5.91 Å². The second-order valence-electron chi connectivity index (χ2n) is 8.66. The Morgan fingerprint density at radius 3 is 2.56 bits per heavy atom.